The smallest absolute Gasteiger partial charge is 0.247 e. The summed E-state index contributed by atoms with van der Waals surface area (Å²) >= 11 is 0. The summed E-state index contributed by atoms with van der Waals surface area (Å²) in [7, 11) is 0. The maximum Gasteiger partial charge on any atom is 0.247 e. The van der Waals surface area contributed by atoms with Crippen molar-refractivity contribution in [1.82, 2.24) is 10.2 Å². The standard InChI is InChI=1S/C13H17N3O/c1-9(2)12-15-16-13(17-12)11-5-3-10(4-6-11)7-8-14/h3-6,9H,7-8,14H2,1-2H3. The van der Waals surface area contributed by atoms with Gasteiger partial charge in [0.2, 0.25) is 11.8 Å². The number of rotatable bonds is 4. The van der Waals surface area contributed by atoms with E-state index >= 15 is 0 Å². The molecule has 0 saturated heterocycles. The highest BCUT2D eigenvalue weighted by molar-refractivity contribution is 5.53. The second-order valence-electron chi connectivity index (χ2n) is 4.34. The molecule has 4 heteroatoms. The zero-order chi connectivity index (χ0) is 12.3. The van der Waals surface area contributed by atoms with Crippen LogP contribution in [0, 0.1) is 0 Å². The Labute approximate surface area is 101 Å². The first-order valence-electron chi connectivity index (χ1n) is 5.83. The molecule has 1 heterocycles. The van der Waals surface area contributed by atoms with Crippen LogP contribution in [0.5, 0.6) is 0 Å². The zero-order valence-corrected chi connectivity index (χ0v) is 10.2. The molecule has 2 N–H and O–H groups in total. The molecule has 0 radical (unpaired) electrons. The summed E-state index contributed by atoms with van der Waals surface area (Å²) in [5.41, 5.74) is 7.68. The number of aromatic nitrogens is 2. The van der Waals surface area contributed by atoms with Gasteiger partial charge in [-0.25, -0.2) is 0 Å². The van der Waals surface area contributed by atoms with Gasteiger partial charge in [0.25, 0.3) is 0 Å². The van der Waals surface area contributed by atoms with Crippen molar-refractivity contribution >= 4 is 0 Å². The quantitative estimate of drug-likeness (QED) is 0.877. The molecule has 0 aliphatic carbocycles. The van der Waals surface area contributed by atoms with Gasteiger partial charge in [-0.05, 0) is 30.7 Å². The molecule has 0 amide bonds. The van der Waals surface area contributed by atoms with E-state index < -0.39 is 0 Å². The summed E-state index contributed by atoms with van der Waals surface area (Å²) in [6.07, 6.45) is 0.890. The predicted molar refractivity (Wildman–Crippen MR) is 66.6 cm³/mol. The fourth-order valence-corrected chi connectivity index (χ4v) is 1.57. The van der Waals surface area contributed by atoms with E-state index in [9.17, 15) is 0 Å². The minimum Gasteiger partial charge on any atom is -0.420 e. The Morgan fingerprint density at radius 2 is 1.88 bits per heavy atom. The molecular weight excluding hydrogens is 214 g/mol. The minimum atomic E-state index is 0.257. The van der Waals surface area contributed by atoms with Crippen molar-refractivity contribution in [1.29, 1.82) is 0 Å². The molecule has 0 bridgehead atoms. The molecule has 0 atom stereocenters. The lowest BCUT2D eigenvalue weighted by Crippen LogP contribution is -2.02. The number of hydrogen-bond acceptors (Lipinski definition) is 4. The molecule has 90 valence electrons. The summed E-state index contributed by atoms with van der Waals surface area (Å²) in [5, 5.41) is 8.06. The molecule has 0 aliphatic heterocycles. The van der Waals surface area contributed by atoms with E-state index in [4.69, 9.17) is 10.2 Å². The van der Waals surface area contributed by atoms with Gasteiger partial charge >= 0.3 is 0 Å². The second kappa shape index (κ2) is 5.10. The molecule has 17 heavy (non-hydrogen) atoms. The Morgan fingerprint density at radius 1 is 1.18 bits per heavy atom. The fraction of sp³-hybridized carbons (Fsp3) is 0.385. The van der Waals surface area contributed by atoms with E-state index in [0.29, 0.717) is 18.3 Å². The molecule has 0 saturated carbocycles. The van der Waals surface area contributed by atoms with E-state index in [0.717, 1.165) is 12.0 Å². The van der Waals surface area contributed by atoms with Crippen molar-refractivity contribution in [2.45, 2.75) is 26.2 Å². The van der Waals surface area contributed by atoms with Crippen molar-refractivity contribution < 1.29 is 4.42 Å². The Hall–Kier alpha value is -1.68. The van der Waals surface area contributed by atoms with Crippen LogP contribution in [0.2, 0.25) is 0 Å². The van der Waals surface area contributed by atoms with Crippen LogP contribution in [0.1, 0.15) is 31.2 Å². The zero-order valence-electron chi connectivity index (χ0n) is 10.2. The molecule has 1 aromatic carbocycles. The Balaban J connectivity index is 2.21. The summed E-state index contributed by atoms with van der Waals surface area (Å²) in [4.78, 5) is 0. The van der Waals surface area contributed by atoms with Crippen molar-refractivity contribution in [2.24, 2.45) is 5.73 Å². The topological polar surface area (TPSA) is 64.9 Å². The van der Waals surface area contributed by atoms with Gasteiger partial charge in [0.15, 0.2) is 0 Å². The summed E-state index contributed by atoms with van der Waals surface area (Å²) in [6, 6.07) is 8.06. The van der Waals surface area contributed by atoms with Gasteiger partial charge in [0.1, 0.15) is 0 Å². The molecule has 2 rings (SSSR count). The van der Waals surface area contributed by atoms with Crippen molar-refractivity contribution in [3.63, 3.8) is 0 Å². The minimum absolute atomic E-state index is 0.257. The van der Waals surface area contributed by atoms with Crippen molar-refractivity contribution in [2.75, 3.05) is 6.54 Å². The maximum atomic E-state index is 5.58. The van der Waals surface area contributed by atoms with Gasteiger partial charge in [-0.15, -0.1) is 10.2 Å². The van der Waals surface area contributed by atoms with E-state index in [2.05, 4.69) is 10.2 Å². The first kappa shape index (κ1) is 11.8. The van der Waals surface area contributed by atoms with Crippen LogP contribution >= 0.6 is 0 Å². The average Bonchev–Trinajstić information content (AvgIpc) is 2.80. The average molecular weight is 231 g/mol. The van der Waals surface area contributed by atoms with Gasteiger partial charge in [0, 0.05) is 11.5 Å². The molecule has 0 aliphatic rings. The van der Waals surface area contributed by atoms with Gasteiger partial charge < -0.3 is 10.2 Å². The SMILES string of the molecule is CC(C)c1nnc(-c2ccc(CCN)cc2)o1. The van der Waals surface area contributed by atoms with E-state index in [-0.39, 0.29) is 5.92 Å². The molecular formula is C13H17N3O. The third-order valence-corrected chi connectivity index (χ3v) is 2.57. The van der Waals surface area contributed by atoms with Crippen LogP contribution < -0.4 is 5.73 Å². The fourth-order valence-electron chi connectivity index (χ4n) is 1.57. The predicted octanol–water partition coefficient (Wildman–Crippen LogP) is 2.36. The normalized spacial score (nSPS) is 11.1. The van der Waals surface area contributed by atoms with Crippen LogP contribution in [-0.4, -0.2) is 16.7 Å². The lowest BCUT2D eigenvalue weighted by atomic mass is 10.1. The molecule has 0 fully saturated rings. The highest BCUT2D eigenvalue weighted by Gasteiger charge is 2.10. The first-order valence-corrected chi connectivity index (χ1v) is 5.83. The van der Waals surface area contributed by atoms with Crippen molar-refractivity contribution in [3.8, 4) is 11.5 Å². The highest BCUT2D eigenvalue weighted by Crippen LogP contribution is 2.21. The van der Waals surface area contributed by atoms with Gasteiger partial charge in [-0.3, -0.25) is 0 Å². The van der Waals surface area contributed by atoms with Crippen molar-refractivity contribution in [3.05, 3.63) is 35.7 Å². The Bertz CT molecular complexity index is 474. The highest BCUT2D eigenvalue weighted by atomic mass is 16.4. The maximum absolute atomic E-state index is 5.58. The molecule has 2 aromatic rings. The lowest BCUT2D eigenvalue weighted by Gasteiger charge is -1.99. The van der Waals surface area contributed by atoms with Crippen LogP contribution in [-0.2, 0) is 6.42 Å². The van der Waals surface area contributed by atoms with Crippen LogP contribution in [0.4, 0.5) is 0 Å². The monoisotopic (exact) mass is 231 g/mol. The second-order valence-corrected chi connectivity index (χ2v) is 4.34. The molecule has 0 spiro atoms. The number of nitrogens with two attached hydrogens (primary N) is 1. The molecule has 1 aromatic heterocycles. The Morgan fingerprint density at radius 3 is 2.41 bits per heavy atom. The van der Waals surface area contributed by atoms with Crippen LogP contribution in [0.3, 0.4) is 0 Å². The first-order chi connectivity index (χ1) is 8.20. The number of hydrogen-bond donors (Lipinski definition) is 1. The molecule has 0 unspecified atom stereocenters. The summed E-state index contributed by atoms with van der Waals surface area (Å²) in [6.45, 7) is 4.72. The van der Waals surface area contributed by atoms with E-state index in [1.54, 1.807) is 0 Å². The van der Waals surface area contributed by atoms with E-state index in [1.807, 2.05) is 38.1 Å². The summed E-state index contributed by atoms with van der Waals surface area (Å²) in [5.74, 6) is 1.51. The van der Waals surface area contributed by atoms with E-state index in [1.165, 1.54) is 5.56 Å². The summed E-state index contributed by atoms with van der Waals surface area (Å²) < 4.78 is 5.58. The van der Waals surface area contributed by atoms with Gasteiger partial charge in [-0.1, -0.05) is 26.0 Å². The third-order valence-electron chi connectivity index (χ3n) is 2.57. The number of benzene rings is 1. The van der Waals surface area contributed by atoms with Gasteiger partial charge in [0.05, 0.1) is 0 Å². The van der Waals surface area contributed by atoms with Crippen LogP contribution in [0.15, 0.2) is 28.7 Å². The van der Waals surface area contributed by atoms with Crippen LogP contribution in [0.25, 0.3) is 11.5 Å². The largest absolute Gasteiger partial charge is 0.420 e. The third kappa shape index (κ3) is 2.71. The Kier molecular flexibility index (Phi) is 3.54. The number of nitrogens with zero attached hydrogens (tertiary/aromatic N) is 2. The van der Waals surface area contributed by atoms with Gasteiger partial charge in [-0.2, -0.15) is 0 Å². The molecule has 4 nitrogen and oxygen atoms in total. The lowest BCUT2D eigenvalue weighted by molar-refractivity contribution is 0.481.